The summed E-state index contributed by atoms with van der Waals surface area (Å²) < 4.78 is 0. The second-order valence-electron chi connectivity index (χ2n) is 5.57. The Labute approximate surface area is 96.8 Å². The maximum Gasteiger partial charge on any atom is 0.146 e. The number of nitrogens with zero attached hydrogens (tertiary/aromatic N) is 1. The van der Waals surface area contributed by atoms with E-state index < -0.39 is 0 Å². The average molecular weight is 223 g/mol. The molecule has 2 N–H and O–H groups in total. The first-order valence-corrected chi connectivity index (χ1v) is 6.37. The first kappa shape index (κ1) is 10.7. The third kappa shape index (κ3) is 1.44. The number of hydrogen-bond acceptors (Lipinski definition) is 4. The number of fused-ring (bicyclic) bond motifs is 3. The molecule has 3 heterocycles. The fraction of sp³-hybridized carbons (Fsp3) is 0.917. The summed E-state index contributed by atoms with van der Waals surface area (Å²) >= 11 is 0. The Morgan fingerprint density at radius 2 is 2.19 bits per heavy atom. The first-order chi connectivity index (χ1) is 7.68. The van der Waals surface area contributed by atoms with E-state index in [2.05, 4.69) is 22.6 Å². The molecule has 3 fully saturated rings. The Hall–Kier alpha value is -0.450. The number of likely N-dealkylation sites (N-methyl/N-ethyl adjacent to an activating group) is 1. The van der Waals surface area contributed by atoms with E-state index >= 15 is 0 Å². The molecule has 3 rings (SSSR count). The van der Waals surface area contributed by atoms with Gasteiger partial charge in [-0.1, -0.05) is 0 Å². The zero-order valence-corrected chi connectivity index (χ0v) is 10.1. The second kappa shape index (κ2) is 3.79. The quantitative estimate of drug-likeness (QED) is 0.646. The maximum absolute atomic E-state index is 11.6. The van der Waals surface area contributed by atoms with Crippen molar-refractivity contribution >= 4 is 5.78 Å². The van der Waals surface area contributed by atoms with Crippen molar-refractivity contribution in [3.8, 4) is 0 Å². The van der Waals surface area contributed by atoms with Crippen molar-refractivity contribution in [3.05, 3.63) is 0 Å². The minimum absolute atomic E-state index is 0.144. The van der Waals surface area contributed by atoms with Crippen molar-refractivity contribution < 1.29 is 4.79 Å². The van der Waals surface area contributed by atoms with Gasteiger partial charge in [0.1, 0.15) is 5.78 Å². The molecular weight excluding hydrogens is 202 g/mol. The predicted molar refractivity (Wildman–Crippen MR) is 62.0 cm³/mol. The van der Waals surface area contributed by atoms with Gasteiger partial charge in [-0.25, -0.2) is 0 Å². The van der Waals surface area contributed by atoms with Gasteiger partial charge < -0.3 is 5.32 Å². The molecule has 3 aliphatic heterocycles. The van der Waals surface area contributed by atoms with Crippen LogP contribution < -0.4 is 10.6 Å². The zero-order chi connectivity index (χ0) is 11.3. The molecule has 90 valence electrons. The Balaban J connectivity index is 1.79. The SMILES string of the molecule is CC(=O)C1CC2C3CNCCC3NC2N1C. The standard InChI is InChI=1S/C12H21N3O/c1-7(16)11-5-8-9-6-13-4-3-10(9)14-12(8)15(11)2/h8-14H,3-6H2,1-2H3. The van der Waals surface area contributed by atoms with Crippen LogP contribution in [0.3, 0.4) is 0 Å². The van der Waals surface area contributed by atoms with Crippen molar-refractivity contribution in [1.82, 2.24) is 15.5 Å². The van der Waals surface area contributed by atoms with Gasteiger partial charge in [-0.05, 0) is 51.7 Å². The van der Waals surface area contributed by atoms with Gasteiger partial charge in [0.25, 0.3) is 0 Å². The molecule has 0 aromatic rings. The molecule has 0 amide bonds. The minimum Gasteiger partial charge on any atom is -0.316 e. The predicted octanol–water partition coefficient (Wildman–Crippen LogP) is -0.197. The van der Waals surface area contributed by atoms with Gasteiger partial charge in [-0.15, -0.1) is 0 Å². The average Bonchev–Trinajstić information content (AvgIpc) is 2.76. The summed E-state index contributed by atoms with van der Waals surface area (Å²) in [4.78, 5) is 13.8. The topological polar surface area (TPSA) is 44.4 Å². The summed E-state index contributed by atoms with van der Waals surface area (Å²) in [5, 5.41) is 7.21. The monoisotopic (exact) mass is 223 g/mol. The molecule has 0 aromatic heterocycles. The largest absolute Gasteiger partial charge is 0.316 e. The van der Waals surface area contributed by atoms with E-state index in [0.29, 0.717) is 23.9 Å². The number of hydrogen-bond donors (Lipinski definition) is 2. The molecule has 0 saturated carbocycles. The normalized spacial score (nSPS) is 47.8. The lowest BCUT2D eigenvalue weighted by atomic mass is 9.84. The number of carbonyl (C=O) groups excluding carboxylic acids is 1. The van der Waals surface area contributed by atoms with Crippen molar-refractivity contribution in [3.63, 3.8) is 0 Å². The van der Waals surface area contributed by atoms with Crippen LogP contribution in [0.15, 0.2) is 0 Å². The molecular formula is C12H21N3O. The molecule has 0 bridgehead atoms. The lowest BCUT2D eigenvalue weighted by Crippen LogP contribution is -2.48. The van der Waals surface area contributed by atoms with E-state index in [1.807, 2.05) is 0 Å². The van der Waals surface area contributed by atoms with Gasteiger partial charge in [-0.2, -0.15) is 0 Å². The van der Waals surface area contributed by atoms with E-state index in [9.17, 15) is 4.79 Å². The van der Waals surface area contributed by atoms with Crippen LogP contribution in [-0.2, 0) is 4.79 Å². The molecule has 4 heteroatoms. The number of ketones is 1. The third-order valence-corrected chi connectivity index (χ3v) is 4.76. The zero-order valence-electron chi connectivity index (χ0n) is 10.1. The molecule has 0 radical (unpaired) electrons. The fourth-order valence-electron chi connectivity index (χ4n) is 3.91. The molecule has 0 aromatic carbocycles. The first-order valence-electron chi connectivity index (χ1n) is 6.37. The highest BCUT2D eigenvalue weighted by molar-refractivity contribution is 5.81. The van der Waals surface area contributed by atoms with Gasteiger partial charge >= 0.3 is 0 Å². The van der Waals surface area contributed by atoms with Crippen LogP contribution in [0.5, 0.6) is 0 Å². The van der Waals surface area contributed by atoms with E-state index in [1.165, 1.54) is 6.42 Å². The van der Waals surface area contributed by atoms with Gasteiger partial charge in [0.05, 0.1) is 12.2 Å². The Kier molecular flexibility index (Phi) is 2.53. The third-order valence-electron chi connectivity index (χ3n) is 4.76. The second-order valence-corrected chi connectivity index (χ2v) is 5.57. The van der Waals surface area contributed by atoms with Crippen molar-refractivity contribution in [2.45, 2.75) is 38.0 Å². The number of rotatable bonds is 1. The van der Waals surface area contributed by atoms with Crippen molar-refractivity contribution in [2.24, 2.45) is 11.8 Å². The van der Waals surface area contributed by atoms with Gasteiger partial charge in [0.15, 0.2) is 0 Å². The fourth-order valence-corrected chi connectivity index (χ4v) is 3.91. The highest BCUT2D eigenvalue weighted by Crippen LogP contribution is 2.41. The molecule has 16 heavy (non-hydrogen) atoms. The molecule has 4 nitrogen and oxygen atoms in total. The summed E-state index contributed by atoms with van der Waals surface area (Å²) in [5.74, 6) is 1.71. The molecule has 0 spiro atoms. The highest BCUT2D eigenvalue weighted by Gasteiger charge is 2.52. The molecule has 5 atom stereocenters. The van der Waals surface area contributed by atoms with Crippen LogP contribution in [0.25, 0.3) is 0 Å². The number of carbonyl (C=O) groups is 1. The summed E-state index contributed by atoms with van der Waals surface area (Å²) in [6.07, 6.45) is 2.71. The summed E-state index contributed by atoms with van der Waals surface area (Å²) in [6.45, 7) is 3.98. The Morgan fingerprint density at radius 3 is 2.94 bits per heavy atom. The summed E-state index contributed by atoms with van der Waals surface area (Å²) in [6, 6.07) is 0.817. The van der Waals surface area contributed by atoms with Crippen LogP contribution in [0.1, 0.15) is 19.8 Å². The lowest BCUT2D eigenvalue weighted by molar-refractivity contribution is -0.121. The maximum atomic E-state index is 11.6. The minimum atomic E-state index is 0.144. The van der Waals surface area contributed by atoms with E-state index in [-0.39, 0.29) is 6.04 Å². The number of likely N-dealkylation sites (tertiary alicyclic amines) is 1. The lowest BCUT2D eigenvalue weighted by Gasteiger charge is -2.29. The van der Waals surface area contributed by atoms with Crippen LogP contribution in [0.4, 0.5) is 0 Å². The molecule has 5 unspecified atom stereocenters. The number of piperidine rings is 1. The van der Waals surface area contributed by atoms with Gasteiger partial charge in [-0.3, -0.25) is 15.0 Å². The highest BCUT2D eigenvalue weighted by atomic mass is 16.1. The van der Waals surface area contributed by atoms with Crippen LogP contribution in [0.2, 0.25) is 0 Å². The van der Waals surface area contributed by atoms with Crippen molar-refractivity contribution in [2.75, 3.05) is 20.1 Å². The number of Topliss-reactive ketones (excluding diaryl/α,β-unsaturated/α-hetero) is 1. The van der Waals surface area contributed by atoms with Gasteiger partial charge in [0, 0.05) is 6.04 Å². The molecule has 3 saturated heterocycles. The molecule has 3 aliphatic rings. The van der Waals surface area contributed by atoms with Gasteiger partial charge in [0.2, 0.25) is 0 Å². The molecule has 0 aliphatic carbocycles. The summed E-state index contributed by atoms with van der Waals surface area (Å²) in [5.41, 5.74) is 0. The van der Waals surface area contributed by atoms with E-state index in [4.69, 9.17) is 0 Å². The summed E-state index contributed by atoms with van der Waals surface area (Å²) in [7, 11) is 2.09. The number of nitrogens with one attached hydrogen (secondary N) is 2. The smallest absolute Gasteiger partial charge is 0.146 e. The van der Waals surface area contributed by atoms with Crippen LogP contribution in [0, 0.1) is 11.8 Å². The van der Waals surface area contributed by atoms with Crippen molar-refractivity contribution in [1.29, 1.82) is 0 Å². The Bertz CT molecular complexity index is 307. The van der Waals surface area contributed by atoms with Crippen LogP contribution in [-0.4, -0.2) is 49.1 Å². The van der Waals surface area contributed by atoms with E-state index in [0.717, 1.165) is 25.4 Å². The van der Waals surface area contributed by atoms with E-state index in [1.54, 1.807) is 6.92 Å². The Morgan fingerprint density at radius 1 is 1.38 bits per heavy atom. The van der Waals surface area contributed by atoms with Crippen LogP contribution >= 0.6 is 0 Å².